The summed E-state index contributed by atoms with van der Waals surface area (Å²) < 4.78 is 7.58. The molecule has 0 saturated heterocycles. The molecule has 1 aliphatic carbocycles. The van der Waals surface area contributed by atoms with Crippen molar-refractivity contribution in [2.24, 2.45) is 0 Å². The van der Waals surface area contributed by atoms with Crippen molar-refractivity contribution < 1.29 is 4.74 Å². The Kier molecular flexibility index (Phi) is 10.9. The van der Waals surface area contributed by atoms with Crippen molar-refractivity contribution >= 4 is 22.3 Å². The predicted molar refractivity (Wildman–Crippen MR) is 211 cm³/mol. The van der Waals surface area contributed by atoms with Crippen LogP contribution in [-0.4, -0.2) is 6.61 Å². The third kappa shape index (κ3) is 7.20. The second-order valence-electron chi connectivity index (χ2n) is 13.2. The molecule has 1 heteroatoms. The van der Waals surface area contributed by atoms with E-state index in [0.717, 1.165) is 18.4 Å². The molecular weight excluding hydrogens is 605 g/mol. The molecular formula is C49H46O. The van der Waals surface area contributed by atoms with E-state index in [4.69, 9.17) is 4.74 Å². The maximum atomic E-state index is 7.58. The van der Waals surface area contributed by atoms with Gasteiger partial charge in [0.2, 0.25) is 0 Å². The minimum Gasteiger partial charge on any atom is -0.361 e. The van der Waals surface area contributed by atoms with E-state index in [-0.39, 0.29) is 0 Å². The van der Waals surface area contributed by atoms with E-state index in [1.807, 2.05) is 0 Å². The molecule has 6 aromatic rings. The normalized spacial score (nSPS) is 13.9. The Hall–Kier alpha value is -5.24. The van der Waals surface area contributed by atoms with Crippen LogP contribution >= 0.6 is 0 Å². The first-order valence-corrected chi connectivity index (χ1v) is 18.3. The summed E-state index contributed by atoms with van der Waals surface area (Å²) in [4.78, 5) is 0. The summed E-state index contributed by atoms with van der Waals surface area (Å²) in [6.07, 6.45) is 8.34. The van der Waals surface area contributed by atoms with Crippen LogP contribution in [-0.2, 0) is 16.8 Å². The molecule has 0 amide bonds. The van der Waals surface area contributed by atoms with Gasteiger partial charge in [0.1, 0.15) is 5.60 Å². The van der Waals surface area contributed by atoms with Gasteiger partial charge in [-0.3, -0.25) is 0 Å². The minimum absolute atomic E-state index is 0.662. The zero-order valence-corrected chi connectivity index (χ0v) is 28.9. The van der Waals surface area contributed by atoms with Gasteiger partial charge >= 0.3 is 0 Å². The first kappa shape index (κ1) is 33.3. The molecule has 0 N–H and O–H groups in total. The van der Waals surface area contributed by atoms with Crippen LogP contribution in [0, 0.1) is 0 Å². The van der Waals surface area contributed by atoms with Crippen LogP contribution in [0.15, 0.2) is 182 Å². The second kappa shape index (κ2) is 16.4. The number of aryl methyl sites for hydroxylation is 1. The topological polar surface area (TPSA) is 9.23 Å². The second-order valence-corrected chi connectivity index (χ2v) is 13.2. The highest BCUT2D eigenvalue weighted by molar-refractivity contribution is 6.31. The van der Waals surface area contributed by atoms with Gasteiger partial charge in [0.05, 0.1) is 0 Å². The Morgan fingerprint density at radius 3 is 1.16 bits per heavy atom. The van der Waals surface area contributed by atoms with Gasteiger partial charge in [0.15, 0.2) is 0 Å². The molecule has 0 fully saturated rings. The third-order valence-electron chi connectivity index (χ3n) is 9.91. The van der Waals surface area contributed by atoms with E-state index in [0.29, 0.717) is 6.61 Å². The fraction of sp³-hybridized carbons (Fsp3) is 0.184. The van der Waals surface area contributed by atoms with Crippen molar-refractivity contribution in [3.63, 3.8) is 0 Å². The molecule has 0 spiro atoms. The van der Waals surface area contributed by atoms with Crippen LogP contribution in [0.5, 0.6) is 0 Å². The summed E-state index contributed by atoms with van der Waals surface area (Å²) in [6, 6.07) is 65.5. The highest BCUT2D eigenvalue weighted by Crippen LogP contribution is 2.62. The first-order valence-electron chi connectivity index (χ1n) is 18.3. The van der Waals surface area contributed by atoms with Crippen molar-refractivity contribution in [3.05, 3.63) is 215 Å². The Bertz CT molecular complexity index is 1880. The molecule has 1 aliphatic rings. The summed E-state index contributed by atoms with van der Waals surface area (Å²) in [5, 5.41) is 0. The van der Waals surface area contributed by atoms with Gasteiger partial charge in [-0.05, 0) is 63.8 Å². The van der Waals surface area contributed by atoms with E-state index in [9.17, 15) is 0 Å². The first-order chi connectivity index (χ1) is 24.9. The van der Waals surface area contributed by atoms with Crippen LogP contribution in [0.1, 0.15) is 71.9 Å². The quantitative estimate of drug-likeness (QED) is 0.101. The van der Waals surface area contributed by atoms with E-state index >= 15 is 0 Å². The minimum atomic E-state index is -0.837. The Labute approximate surface area is 298 Å². The monoisotopic (exact) mass is 650 g/mol. The van der Waals surface area contributed by atoms with E-state index in [1.54, 1.807) is 0 Å². The number of unbranched alkanes of at least 4 members (excludes halogenated alkanes) is 5. The number of ether oxygens (including phenoxy) is 1. The van der Waals surface area contributed by atoms with Gasteiger partial charge in [-0.2, -0.15) is 0 Å². The predicted octanol–water partition coefficient (Wildman–Crippen LogP) is 12.7. The van der Waals surface area contributed by atoms with E-state index < -0.39 is 5.60 Å². The number of benzene rings is 6. The lowest BCUT2D eigenvalue weighted by Crippen LogP contribution is -2.32. The highest BCUT2D eigenvalue weighted by Gasteiger charge is 2.50. The molecule has 50 heavy (non-hydrogen) atoms. The average Bonchev–Trinajstić information content (AvgIpc) is 3.51. The van der Waals surface area contributed by atoms with Crippen molar-refractivity contribution in [3.8, 4) is 0 Å². The van der Waals surface area contributed by atoms with Gasteiger partial charge in [-0.1, -0.05) is 208 Å². The molecule has 1 nitrogen and oxygen atoms in total. The van der Waals surface area contributed by atoms with E-state index in [2.05, 4.69) is 182 Å². The molecule has 0 bridgehead atoms. The van der Waals surface area contributed by atoms with Crippen molar-refractivity contribution in [2.75, 3.05) is 6.61 Å². The molecule has 0 heterocycles. The largest absolute Gasteiger partial charge is 0.361 e. The molecule has 0 saturated carbocycles. The molecule has 0 atom stereocenters. The van der Waals surface area contributed by atoms with Gasteiger partial charge in [-0.25, -0.2) is 0 Å². The molecule has 0 aliphatic heterocycles. The molecule has 6 aromatic carbocycles. The number of allylic oxidation sites excluding steroid dienone is 2. The molecule has 7 rings (SSSR count). The van der Waals surface area contributed by atoms with Gasteiger partial charge in [0.25, 0.3) is 0 Å². The lowest BCUT2D eigenvalue weighted by molar-refractivity contribution is 0.0392. The third-order valence-corrected chi connectivity index (χ3v) is 9.91. The van der Waals surface area contributed by atoms with Crippen LogP contribution < -0.4 is 0 Å². The van der Waals surface area contributed by atoms with Crippen LogP contribution in [0.4, 0.5) is 0 Å². The fourth-order valence-electron chi connectivity index (χ4n) is 7.62. The van der Waals surface area contributed by atoms with Crippen LogP contribution in [0.25, 0.3) is 22.3 Å². The molecule has 0 unspecified atom stereocenters. The maximum absolute atomic E-state index is 7.58. The van der Waals surface area contributed by atoms with Gasteiger partial charge in [0, 0.05) is 17.8 Å². The highest BCUT2D eigenvalue weighted by atomic mass is 16.5. The smallest absolute Gasteiger partial charge is 0.146 e. The zero-order chi connectivity index (χ0) is 33.9. The number of hydrogen-bond donors (Lipinski definition) is 0. The summed E-state index contributed by atoms with van der Waals surface area (Å²) in [5.74, 6) is 0. The summed E-state index contributed by atoms with van der Waals surface area (Å²) >= 11 is 0. The molecule has 248 valence electrons. The number of rotatable bonds is 15. The Balaban J connectivity index is 1.31. The molecule has 0 aromatic heterocycles. The maximum Gasteiger partial charge on any atom is 0.146 e. The van der Waals surface area contributed by atoms with Crippen molar-refractivity contribution in [1.29, 1.82) is 0 Å². The summed E-state index contributed by atoms with van der Waals surface area (Å²) in [6.45, 7) is 0.662. The standard InChI is InChI=1S/C49H46O/c1(3-11-25-39-26-12-5-13-27-39)2-4-24-38-50-49(44-36-22-10-23-37-44)47(42-32-18-8-19-33-42)45(40-28-14-6-15-29-40)46(41-30-16-7-17-31-41)48(49)43-34-20-9-21-35-43/h5-10,12-23,26-37H,1-4,11,24-25,38H2. The van der Waals surface area contributed by atoms with E-state index in [1.165, 1.54) is 82.2 Å². The lowest BCUT2D eigenvalue weighted by atomic mass is 9.76. The summed E-state index contributed by atoms with van der Waals surface area (Å²) in [7, 11) is 0. The van der Waals surface area contributed by atoms with Gasteiger partial charge in [-0.15, -0.1) is 0 Å². The SMILES string of the molecule is c1ccc(CCCCCCCCOC2(c3ccccc3)C(c3ccccc3)=C(c3ccccc3)C(c3ccccc3)=C2c2ccccc2)cc1. The fourth-order valence-corrected chi connectivity index (χ4v) is 7.62. The average molecular weight is 651 g/mol. The Morgan fingerprint density at radius 1 is 0.340 bits per heavy atom. The van der Waals surface area contributed by atoms with Crippen LogP contribution in [0.3, 0.4) is 0 Å². The lowest BCUT2D eigenvalue weighted by Gasteiger charge is -2.37. The van der Waals surface area contributed by atoms with Crippen LogP contribution in [0.2, 0.25) is 0 Å². The van der Waals surface area contributed by atoms with Gasteiger partial charge < -0.3 is 4.74 Å². The Morgan fingerprint density at radius 2 is 0.700 bits per heavy atom. The van der Waals surface area contributed by atoms with Crippen molar-refractivity contribution in [1.82, 2.24) is 0 Å². The summed E-state index contributed by atoms with van der Waals surface area (Å²) in [5.41, 5.74) is 11.3. The molecule has 0 radical (unpaired) electrons. The zero-order valence-electron chi connectivity index (χ0n) is 28.9. The number of hydrogen-bond acceptors (Lipinski definition) is 1. The van der Waals surface area contributed by atoms with Crippen molar-refractivity contribution in [2.45, 2.75) is 50.5 Å².